The normalized spacial score (nSPS) is 21.3. The number of hydrogen-bond acceptors (Lipinski definition) is 2. The topological polar surface area (TPSA) is 23.5 Å². The fourth-order valence-corrected chi connectivity index (χ4v) is 2.76. The molecule has 1 aromatic carbocycles. The van der Waals surface area contributed by atoms with E-state index in [4.69, 9.17) is 0 Å². The number of nitrogens with zero attached hydrogens (tertiary/aromatic N) is 1. The van der Waals surface area contributed by atoms with E-state index in [1.165, 1.54) is 18.2 Å². The van der Waals surface area contributed by atoms with Gasteiger partial charge in [-0.1, -0.05) is 13.8 Å². The molecule has 0 saturated heterocycles. The van der Waals surface area contributed by atoms with Crippen molar-refractivity contribution in [3.63, 3.8) is 0 Å². The monoisotopic (exact) mass is 287 g/mol. The maximum atomic E-state index is 13.2. The van der Waals surface area contributed by atoms with Crippen molar-refractivity contribution in [3.8, 4) is 5.75 Å². The van der Waals surface area contributed by atoms with Gasteiger partial charge in [0, 0.05) is 17.5 Å². The lowest BCUT2D eigenvalue weighted by molar-refractivity contribution is 0.259. The fourth-order valence-electron chi connectivity index (χ4n) is 2.76. The fraction of sp³-hybridized carbons (Fsp3) is 0.600. The molecular weight excluding hydrogens is 265 g/mol. The van der Waals surface area contributed by atoms with E-state index in [9.17, 15) is 9.50 Å². The van der Waals surface area contributed by atoms with Crippen LogP contribution in [0.3, 0.4) is 0 Å². The van der Waals surface area contributed by atoms with Gasteiger partial charge in [0.15, 0.2) is 0 Å². The van der Waals surface area contributed by atoms with Gasteiger partial charge in [0.25, 0.3) is 0 Å². The van der Waals surface area contributed by atoms with E-state index in [-0.39, 0.29) is 24.0 Å². The van der Waals surface area contributed by atoms with E-state index in [2.05, 4.69) is 18.7 Å². The molecule has 0 amide bonds. The van der Waals surface area contributed by atoms with E-state index < -0.39 is 0 Å². The molecule has 1 aliphatic carbocycles. The molecule has 1 aliphatic rings. The van der Waals surface area contributed by atoms with Crippen molar-refractivity contribution in [2.75, 3.05) is 13.1 Å². The van der Waals surface area contributed by atoms with Crippen LogP contribution in [-0.4, -0.2) is 29.1 Å². The molecule has 2 nitrogen and oxygen atoms in total. The second kappa shape index (κ2) is 7.11. The van der Waals surface area contributed by atoms with Crippen LogP contribution in [0.1, 0.15) is 44.6 Å². The SMILES string of the molecule is CCCN(CCC)[C@H]1C[C@@H]1c1cc(F)ccc1O.Cl. The van der Waals surface area contributed by atoms with Crippen molar-refractivity contribution in [1.82, 2.24) is 4.90 Å². The van der Waals surface area contributed by atoms with Crippen LogP contribution in [0.15, 0.2) is 18.2 Å². The first-order valence-corrected chi connectivity index (χ1v) is 6.89. The number of benzene rings is 1. The molecule has 1 saturated carbocycles. The third-order valence-corrected chi connectivity index (χ3v) is 3.64. The van der Waals surface area contributed by atoms with Gasteiger partial charge in [-0.2, -0.15) is 0 Å². The predicted molar refractivity (Wildman–Crippen MR) is 78.6 cm³/mol. The highest BCUT2D eigenvalue weighted by Gasteiger charge is 2.43. The number of phenols is 1. The van der Waals surface area contributed by atoms with Gasteiger partial charge < -0.3 is 5.11 Å². The van der Waals surface area contributed by atoms with Gasteiger partial charge in [-0.15, -0.1) is 12.4 Å². The molecule has 0 bridgehead atoms. The third kappa shape index (κ3) is 3.83. The largest absolute Gasteiger partial charge is 0.508 e. The Balaban J connectivity index is 0.00000180. The summed E-state index contributed by atoms with van der Waals surface area (Å²) in [5.41, 5.74) is 0.775. The Morgan fingerprint density at radius 3 is 2.47 bits per heavy atom. The third-order valence-electron chi connectivity index (χ3n) is 3.64. The summed E-state index contributed by atoms with van der Waals surface area (Å²) in [7, 11) is 0. The highest BCUT2D eigenvalue weighted by molar-refractivity contribution is 5.85. The standard InChI is InChI=1S/C15H22FNO.ClH/c1-3-7-17(8-4-2)14-10-12(14)13-9-11(16)5-6-15(13)18;/h5-6,9,12,14,18H,3-4,7-8,10H2,1-2H3;1H/t12-,14+;/m1./s1. The van der Waals surface area contributed by atoms with Crippen LogP contribution >= 0.6 is 12.4 Å². The second-order valence-corrected chi connectivity index (χ2v) is 5.15. The zero-order valence-electron chi connectivity index (χ0n) is 11.6. The van der Waals surface area contributed by atoms with Gasteiger partial charge in [0.1, 0.15) is 11.6 Å². The maximum Gasteiger partial charge on any atom is 0.123 e. The van der Waals surface area contributed by atoms with Crippen LogP contribution < -0.4 is 0 Å². The second-order valence-electron chi connectivity index (χ2n) is 5.15. The van der Waals surface area contributed by atoms with Crippen LogP contribution in [0.4, 0.5) is 4.39 Å². The molecule has 108 valence electrons. The predicted octanol–water partition coefficient (Wildman–Crippen LogP) is 3.93. The molecule has 0 aromatic heterocycles. The molecule has 0 heterocycles. The Hall–Kier alpha value is -0.800. The average Bonchev–Trinajstić information content (AvgIpc) is 3.12. The van der Waals surface area contributed by atoms with Crippen LogP contribution in [0.2, 0.25) is 0 Å². The van der Waals surface area contributed by atoms with Crippen molar-refractivity contribution in [3.05, 3.63) is 29.6 Å². The number of rotatable bonds is 6. The van der Waals surface area contributed by atoms with Gasteiger partial charge in [0.2, 0.25) is 0 Å². The summed E-state index contributed by atoms with van der Waals surface area (Å²) < 4.78 is 13.2. The van der Waals surface area contributed by atoms with E-state index >= 15 is 0 Å². The molecule has 19 heavy (non-hydrogen) atoms. The Morgan fingerprint density at radius 2 is 1.89 bits per heavy atom. The van der Waals surface area contributed by atoms with E-state index in [1.807, 2.05) is 0 Å². The minimum Gasteiger partial charge on any atom is -0.508 e. The number of hydrogen-bond donors (Lipinski definition) is 1. The molecule has 0 aliphatic heterocycles. The summed E-state index contributed by atoms with van der Waals surface area (Å²) in [6, 6.07) is 4.74. The molecule has 1 aromatic rings. The minimum atomic E-state index is -0.258. The van der Waals surface area contributed by atoms with E-state index in [1.54, 1.807) is 0 Å². The molecule has 0 radical (unpaired) electrons. The highest BCUT2D eigenvalue weighted by Crippen LogP contribution is 2.47. The lowest BCUT2D eigenvalue weighted by Crippen LogP contribution is -2.28. The van der Waals surface area contributed by atoms with Crippen LogP contribution in [0.5, 0.6) is 5.75 Å². The summed E-state index contributed by atoms with van der Waals surface area (Å²) in [5.74, 6) is 0.279. The first-order chi connectivity index (χ1) is 8.67. The zero-order valence-corrected chi connectivity index (χ0v) is 12.4. The smallest absolute Gasteiger partial charge is 0.123 e. The number of aromatic hydroxyl groups is 1. The average molecular weight is 288 g/mol. The minimum absolute atomic E-state index is 0. The molecule has 2 atom stereocenters. The molecule has 2 rings (SSSR count). The molecule has 4 heteroatoms. The Kier molecular flexibility index (Phi) is 6.08. The number of halogens is 2. The Bertz CT molecular complexity index is 407. The molecule has 0 unspecified atom stereocenters. The van der Waals surface area contributed by atoms with Crippen molar-refractivity contribution in [2.45, 2.75) is 45.1 Å². The quantitative estimate of drug-likeness (QED) is 0.857. The molecule has 0 spiro atoms. The van der Waals surface area contributed by atoms with Gasteiger partial charge in [-0.05, 0) is 50.6 Å². The zero-order chi connectivity index (χ0) is 13.1. The van der Waals surface area contributed by atoms with Crippen LogP contribution in [0, 0.1) is 5.82 Å². The summed E-state index contributed by atoms with van der Waals surface area (Å²) >= 11 is 0. The summed E-state index contributed by atoms with van der Waals surface area (Å²) in [6.45, 7) is 6.54. The first kappa shape index (κ1) is 16.3. The van der Waals surface area contributed by atoms with Crippen LogP contribution in [-0.2, 0) is 0 Å². The van der Waals surface area contributed by atoms with Crippen molar-refractivity contribution < 1.29 is 9.50 Å². The maximum absolute atomic E-state index is 13.2. The Morgan fingerprint density at radius 1 is 1.26 bits per heavy atom. The first-order valence-electron chi connectivity index (χ1n) is 6.89. The van der Waals surface area contributed by atoms with E-state index in [0.717, 1.165) is 37.9 Å². The van der Waals surface area contributed by atoms with Crippen molar-refractivity contribution in [1.29, 1.82) is 0 Å². The Labute approximate surface area is 121 Å². The van der Waals surface area contributed by atoms with Crippen molar-refractivity contribution >= 4 is 12.4 Å². The summed E-state index contributed by atoms with van der Waals surface area (Å²) in [6.07, 6.45) is 3.31. The van der Waals surface area contributed by atoms with Crippen LogP contribution in [0.25, 0.3) is 0 Å². The number of phenolic OH excluding ortho intramolecular Hbond substituents is 1. The van der Waals surface area contributed by atoms with Gasteiger partial charge >= 0.3 is 0 Å². The lowest BCUT2D eigenvalue weighted by Gasteiger charge is -2.21. The molecular formula is C15H23ClFNO. The lowest BCUT2D eigenvalue weighted by atomic mass is 10.1. The van der Waals surface area contributed by atoms with Gasteiger partial charge in [-0.3, -0.25) is 4.90 Å². The van der Waals surface area contributed by atoms with Gasteiger partial charge in [0.05, 0.1) is 0 Å². The summed E-state index contributed by atoms with van der Waals surface area (Å²) in [4.78, 5) is 2.47. The van der Waals surface area contributed by atoms with E-state index in [0.29, 0.717) is 12.0 Å². The summed E-state index contributed by atoms with van der Waals surface area (Å²) in [5, 5.41) is 9.82. The molecule has 1 fully saturated rings. The van der Waals surface area contributed by atoms with Crippen molar-refractivity contribution in [2.24, 2.45) is 0 Å². The highest BCUT2D eigenvalue weighted by atomic mass is 35.5. The van der Waals surface area contributed by atoms with Gasteiger partial charge in [-0.25, -0.2) is 4.39 Å². The molecule has 1 N–H and O–H groups in total.